The molecule has 1 aliphatic rings. The summed E-state index contributed by atoms with van der Waals surface area (Å²) in [4.78, 5) is 8.81. The van der Waals surface area contributed by atoms with Crippen molar-refractivity contribution >= 4 is 10.9 Å². The Bertz CT molecular complexity index is 1210. The summed E-state index contributed by atoms with van der Waals surface area (Å²) in [7, 11) is 2.01. The van der Waals surface area contributed by atoms with Crippen LogP contribution in [-0.4, -0.2) is 20.8 Å². The van der Waals surface area contributed by atoms with E-state index in [-0.39, 0.29) is 0 Å². The highest BCUT2D eigenvalue weighted by Gasteiger charge is 2.49. The number of aryl methyl sites for hydroxylation is 2. The Morgan fingerprint density at radius 1 is 1.07 bits per heavy atom. The highest BCUT2D eigenvalue weighted by molar-refractivity contribution is 5.82. The third kappa shape index (κ3) is 2.22. The minimum absolute atomic E-state index is 0.633. The van der Waals surface area contributed by atoms with Gasteiger partial charge < -0.3 is 15.0 Å². The molecule has 4 aromatic rings. The van der Waals surface area contributed by atoms with Gasteiger partial charge in [-0.2, -0.15) is 0 Å². The van der Waals surface area contributed by atoms with Crippen LogP contribution in [0.4, 0.5) is 0 Å². The summed E-state index contributed by atoms with van der Waals surface area (Å²) in [5, 5.41) is 1.12. The van der Waals surface area contributed by atoms with Gasteiger partial charge in [0.05, 0.1) is 0 Å². The summed E-state index contributed by atoms with van der Waals surface area (Å²) < 4.78 is 8.20. The Labute approximate surface area is 162 Å². The van der Waals surface area contributed by atoms with E-state index >= 15 is 0 Å². The molecule has 0 radical (unpaired) electrons. The number of pyridine rings is 2. The maximum Gasteiger partial charge on any atom is 0.176 e. The lowest BCUT2D eigenvalue weighted by atomic mass is 9.87. The second-order valence-corrected chi connectivity index (χ2v) is 7.28. The molecular formula is C22H21N5O. The molecule has 1 aromatic carbocycles. The topological polar surface area (TPSA) is 92.0 Å². The van der Waals surface area contributed by atoms with Crippen LogP contribution in [0.2, 0.25) is 0 Å². The highest BCUT2D eigenvalue weighted by Crippen LogP contribution is 2.47. The van der Waals surface area contributed by atoms with E-state index in [9.17, 15) is 0 Å². The van der Waals surface area contributed by atoms with E-state index < -0.39 is 11.8 Å². The molecule has 140 valence electrons. The molecule has 3 aromatic heterocycles. The molecule has 2 atom stereocenters. The summed E-state index contributed by atoms with van der Waals surface area (Å²) in [6.07, 6.45) is 2.80. The van der Waals surface area contributed by atoms with Crippen LogP contribution in [-0.2, 0) is 12.6 Å². The van der Waals surface area contributed by atoms with Crippen molar-refractivity contribution in [3.8, 4) is 17.0 Å². The van der Waals surface area contributed by atoms with Gasteiger partial charge in [0.2, 0.25) is 0 Å². The largest absolute Gasteiger partial charge is 0.470 e. The molecule has 0 aliphatic carbocycles. The standard InChI is InChI=1S/C22H21N5O/c1-13-11-15(7-9-25-13)19-20-16(8-10-26-19)22(24,21(23)28-20)18-12-14-5-3-4-6-17(14)27(18)2/h3-12,21H,23-24H2,1-2H3. The number of hydrogen-bond acceptors (Lipinski definition) is 5. The number of hydrogen-bond donors (Lipinski definition) is 2. The summed E-state index contributed by atoms with van der Waals surface area (Å²) in [6.45, 7) is 1.95. The van der Waals surface area contributed by atoms with Crippen LogP contribution in [0.3, 0.4) is 0 Å². The van der Waals surface area contributed by atoms with Gasteiger partial charge in [0, 0.05) is 47.5 Å². The SMILES string of the molecule is Cc1cc(-c2nccc3c2OC(N)C3(N)c2cc3ccccc3n2C)ccn1. The monoisotopic (exact) mass is 371 g/mol. The van der Waals surface area contributed by atoms with E-state index in [0.29, 0.717) is 5.75 Å². The zero-order chi connectivity index (χ0) is 19.5. The molecule has 0 saturated heterocycles. The Balaban J connectivity index is 1.74. The van der Waals surface area contributed by atoms with Crippen molar-refractivity contribution in [3.63, 3.8) is 0 Å². The maximum atomic E-state index is 6.97. The molecule has 0 spiro atoms. The van der Waals surface area contributed by atoms with E-state index in [0.717, 1.165) is 39.1 Å². The van der Waals surface area contributed by atoms with Gasteiger partial charge in [-0.3, -0.25) is 15.7 Å². The second-order valence-electron chi connectivity index (χ2n) is 7.28. The Kier molecular flexibility index (Phi) is 3.56. The van der Waals surface area contributed by atoms with Crippen LogP contribution in [0.25, 0.3) is 22.2 Å². The fraction of sp³-hybridized carbons (Fsp3) is 0.182. The van der Waals surface area contributed by atoms with Gasteiger partial charge in [-0.15, -0.1) is 0 Å². The first-order valence-corrected chi connectivity index (χ1v) is 9.18. The van der Waals surface area contributed by atoms with Gasteiger partial charge in [0.15, 0.2) is 12.0 Å². The molecule has 28 heavy (non-hydrogen) atoms. The molecule has 4 heterocycles. The summed E-state index contributed by atoms with van der Waals surface area (Å²) in [6, 6.07) is 16.1. The lowest BCUT2D eigenvalue weighted by molar-refractivity contribution is 0.174. The van der Waals surface area contributed by atoms with E-state index in [2.05, 4.69) is 32.7 Å². The van der Waals surface area contributed by atoms with Crippen LogP contribution in [0, 0.1) is 6.92 Å². The van der Waals surface area contributed by atoms with Crippen LogP contribution in [0.15, 0.2) is 60.9 Å². The molecule has 1 aliphatic heterocycles. The Morgan fingerprint density at radius 2 is 1.86 bits per heavy atom. The number of rotatable bonds is 2. The lowest BCUT2D eigenvalue weighted by Gasteiger charge is -2.28. The molecule has 0 bridgehead atoms. The summed E-state index contributed by atoms with van der Waals surface area (Å²) in [5.74, 6) is 0.633. The van der Waals surface area contributed by atoms with Crippen molar-refractivity contribution in [2.24, 2.45) is 18.5 Å². The first-order valence-electron chi connectivity index (χ1n) is 9.18. The van der Waals surface area contributed by atoms with E-state index in [1.54, 1.807) is 12.4 Å². The first-order chi connectivity index (χ1) is 13.5. The Hall–Kier alpha value is -3.22. The van der Waals surface area contributed by atoms with Crippen molar-refractivity contribution < 1.29 is 4.74 Å². The number of aromatic nitrogens is 3. The number of benzene rings is 1. The third-order valence-electron chi connectivity index (χ3n) is 5.59. The van der Waals surface area contributed by atoms with Gasteiger partial charge in [-0.1, -0.05) is 18.2 Å². The minimum Gasteiger partial charge on any atom is -0.470 e. The molecule has 0 amide bonds. The van der Waals surface area contributed by atoms with Crippen LogP contribution in [0.5, 0.6) is 5.75 Å². The van der Waals surface area contributed by atoms with Crippen LogP contribution < -0.4 is 16.2 Å². The van der Waals surface area contributed by atoms with Gasteiger partial charge in [-0.05, 0) is 42.6 Å². The molecule has 4 N–H and O–H groups in total. The van der Waals surface area contributed by atoms with E-state index in [1.807, 2.05) is 44.3 Å². The maximum absolute atomic E-state index is 6.97. The predicted molar refractivity (Wildman–Crippen MR) is 109 cm³/mol. The van der Waals surface area contributed by atoms with Crippen molar-refractivity contribution in [1.29, 1.82) is 0 Å². The lowest BCUT2D eigenvalue weighted by Crippen LogP contribution is -2.53. The van der Waals surface area contributed by atoms with Crippen molar-refractivity contribution in [1.82, 2.24) is 14.5 Å². The zero-order valence-electron chi connectivity index (χ0n) is 15.8. The molecule has 5 rings (SSSR count). The van der Waals surface area contributed by atoms with E-state index in [1.165, 1.54) is 0 Å². The second kappa shape index (κ2) is 5.89. The molecule has 6 nitrogen and oxygen atoms in total. The average Bonchev–Trinajstić information content (AvgIpc) is 3.17. The normalized spacial score (nSPS) is 20.9. The number of nitrogens with zero attached hydrogens (tertiary/aromatic N) is 3. The van der Waals surface area contributed by atoms with Gasteiger partial charge in [0.1, 0.15) is 11.2 Å². The van der Waals surface area contributed by atoms with Crippen molar-refractivity contribution in [2.75, 3.05) is 0 Å². The highest BCUT2D eigenvalue weighted by atomic mass is 16.5. The summed E-state index contributed by atoms with van der Waals surface area (Å²) in [5.41, 5.74) is 17.9. The zero-order valence-corrected chi connectivity index (χ0v) is 15.8. The number of ether oxygens (including phenoxy) is 1. The molecule has 6 heteroatoms. The Morgan fingerprint density at radius 3 is 2.64 bits per heavy atom. The van der Waals surface area contributed by atoms with Crippen molar-refractivity contribution in [2.45, 2.75) is 18.7 Å². The number of fused-ring (bicyclic) bond motifs is 2. The van der Waals surface area contributed by atoms with Gasteiger partial charge in [0.25, 0.3) is 0 Å². The van der Waals surface area contributed by atoms with Crippen LogP contribution >= 0.6 is 0 Å². The fourth-order valence-electron chi connectivity index (χ4n) is 4.13. The molecular weight excluding hydrogens is 350 g/mol. The first kappa shape index (κ1) is 16.9. The third-order valence-corrected chi connectivity index (χ3v) is 5.59. The molecule has 0 fully saturated rings. The average molecular weight is 371 g/mol. The fourth-order valence-corrected chi connectivity index (χ4v) is 4.13. The quantitative estimate of drug-likeness (QED) is 0.565. The van der Waals surface area contributed by atoms with Gasteiger partial charge in [-0.25, -0.2) is 0 Å². The predicted octanol–water partition coefficient (Wildman–Crippen LogP) is 2.82. The smallest absolute Gasteiger partial charge is 0.176 e. The van der Waals surface area contributed by atoms with Gasteiger partial charge >= 0.3 is 0 Å². The van der Waals surface area contributed by atoms with Crippen molar-refractivity contribution in [3.05, 3.63) is 77.9 Å². The minimum atomic E-state index is -0.983. The number of para-hydroxylation sites is 1. The molecule has 0 saturated carbocycles. The number of nitrogens with two attached hydrogens (primary N) is 2. The van der Waals surface area contributed by atoms with Crippen LogP contribution in [0.1, 0.15) is 17.0 Å². The van der Waals surface area contributed by atoms with E-state index in [4.69, 9.17) is 16.2 Å². The molecule has 2 unspecified atom stereocenters. The summed E-state index contributed by atoms with van der Waals surface area (Å²) >= 11 is 0.